The third-order valence-electron chi connectivity index (χ3n) is 16.1. The summed E-state index contributed by atoms with van der Waals surface area (Å²) in [5, 5.41) is 14.6. The van der Waals surface area contributed by atoms with Gasteiger partial charge in [-0.3, -0.25) is 34.3 Å². The quantitative estimate of drug-likeness (QED) is 0.0891. The molecule has 2 saturated heterocycles. The standard InChI is InChI=1S/C58H71FN12O6S/c1-35-30-69(32-51(72)71-33-58(8,9)52-47(71)24-40(28-61-52)23-39-11-15-43(59)16-12-39)48(29-60-35)38(4)70-31-42-14-13-41(25-44(42)56(70)74)55(73)68-20-18-67(19-21-68)17-10-22-77-49-27-46-45(26-50(49)78(75,76)57(5,6)7)54(63-34-62-46)64-53-36(2)37(3)65-66-53/h11-16,24-28,34-35,38,48,60H,10,17-23,29-33H2,1-9H3,(H2,62,63,64,65,66)/t35-,38?,48-/m1/s1. The molecule has 3 aromatic heterocycles. The maximum Gasteiger partial charge on any atom is 0.254 e. The SMILES string of the molecule is Cc1n[nH]c(Nc2ncnc3cc(OCCCN4CCN(C(=O)c5ccc6c(c5)C(=O)N(C(C)[C@H]5CN[C@H](C)CN5CC(=O)N5CC(C)(C)c7ncc(Cc8ccc(F)cc8)cc75)C6)CC4)c(S(=O)(=O)C(C)(C)C)cc23)c1C. The third-order valence-corrected chi connectivity index (χ3v) is 18.6. The topological polar surface area (TPSA) is 202 Å². The van der Waals surface area contributed by atoms with Crippen LogP contribution >= 0.6 is 0 Å². The Morgan fingerprint density at radius 2 is 1.73 bits per heavy atom. The number of nitrogens with zero attached hydrogens (tertiary/aromatic N) is 9. The lowest BCUT2D eigenvalue weighted by molar-refractivity contribution is -0.121. The van der Waals surface area contributed by atoms with Crippen molar-refractivity contribution in [2.45, 2.75) is 115 Å². The predicted molar refractivity (Wildman–Crippen MR) is 298 cm³/mol. The number of aromatic amines is 1. The van der Waals surface area contributed by atoms with E-state index in [0.717, 1.165) is 39.3 Å². The highest BCUT2D eigenvalue weighted by atomic mass is 32.2. The van der Waals surface area contributed by atoms with E-state index in [4.69, 9.17) is 9.72 Å². The van der Waals surface area contributed by atoms with E-state index >= 15 is 0 Å². The number of fused-ring (bicyclic) bond motifs is 3. The van der Waals surface area contributed by atoms with Gasteiger partial charge in [-0.15, -0.1) is 0 Å². The Morgan fingerprint density at radius 3 is 2.45 bits per heavy atom. The van der Waals surface area contributed by atoms with Crippen molar-refractivity contribution in [3.05, 3.63) is 124 Å². The molecule has 0 saturated carbocycles. The van der Waals surface area contributed by atoms with E-state index in [0.29, 0.717) is 105 Å². The van der Waals surface area contributed by atoms with Crippen molar-refractivity contribution in [1.29, 1.82) is 0 Å². The molecule has 7 heterocycles. The molecule has 3 atom stereocenters. The molecule has 4 aliphatic heterocycles. The largest absolute Gasteiger partial charge is 0.492 e. The van der Waals surface area contributed by atoms with Crippen molar-refractivity contribution in [1.82, 2.24) is 50.1 Å². The lowest BCUT2D eigenvalue weighted by Gasteiger charge is -2.44. The Morgan fingerprint density at radius 1 is 0.974 bits per heavy atom. The summed E-state index contributed by atoms with van der Waals surface area (Å²) in [6, 6.07) is 16.9. The number of sulfone groups is 1. The normalized spacial score (nSPS) is 19.3. The minimum absolute atomic E-state index is 0.0268. The second-order valence-electron chi connectivity index (χ2n) is 23.2. The van der Waals surface area contributed by atoms with E-state index in [1.54, 1.807) is 51.1 Å². The summed E-state index contributed by atoms with van der Waals surface area (Å²) in [6.07, 6.45) is 4.46. The van der Waals surface area contributed by atoms with Gasteiger partial charge in [-0.05, 0) is 114 Å². The zero-order chi connectivity index (χ0) is 55.4. The fourth-order valence-electron chi connectivity index (χ4n) is 11.2. The Kier molecular flexibility index (Phi) is 15.0. The van der Waals surface area contributed by atoms with E-state index in [1.807, 2.05) is 59.9 Å². The highest BCUT2D eigenvalue weighted by Crippen LogP contribution is 2.41. The number of rotatable bonds is 15. The Hall–Kier alpha value is -6.87. The van der Waals surface area contributed by atoms with Crippen LogP contribution in [0.3, 0.4) is 0 Å². The smallest absolute Gasteiger partial charge is 0.254 e. The molecule has 20 heteroatoms. The highest BCUT2D eigenvalue weighted by molar-refractivity contribution is 7.92. The number of ether oxygens (including phenoxy) is 1. The van der Waals surface area contributed by atoms with Gasteiger partial charge in [0.15, 0.2) is 9.84 Å². The zero-order valence-corrected chi connectivity index (χ0v) is 46.9. The molecule has 78 heavy (non-hydrogen) atoms. The number of carbonyl (C=O) groups excluding carboxylic acids is 3. The summed E-state index contributed by atoms with van der Waals surface area (Å²) in [5.74, 6) is 0.761. The molecule has 3 amide bonds. The number of amides is 3. The summed E-state index contributed by atoms with van der Waals surface area (Å²) < 4.78 is 46.9. The van der Waals surface area contributed by atoms with Crippen LogP contribution in [0.5, 0.6) is 5.75 Å². The number of hydrogen-bond donors (Lipinski definition) is 3. The molecular formula is C58H71FN12O6S. The molecule has 18 nitrogen and oxygen atoms in total. The first kappa shape index (κ1) is 54.5. The number of H-pyrrole nitrogens is 1. The fourth-order valence-corrected chi connectivity index (χ4v) is 12.5. The summed E-state index contributed by atoms with van der Waals surface area (Å²) in [4.78, 5) is 66.7. The first-order chi connectivity index (χ1) is 37.1. The lowest BCUT2D eigenvalue weighted by Crippen LogP contribution is -2.63. The fraction of sp³-hybridized carbons (Fsp3) is 0.466. The van der Waals surface area contributed by atoms with Crippen LogP contribution in [-0.2, 0) is 33.0 Å². The molecule has 0 radical (unpaired) electrons. The number of nitrogens with one attached hydrogen (secondary N) is 3. The molecule has 10 rings (SSSR count). The van der Waals surface area contributed by atoms with Crippen molar-refractivity contribution in [3.63, 3.8) is 0 Å². The summed E-state index contributed by atoms with van der Waals surface area (Å²) in [5.41, 5.74) is 7.37. The molecule has 1 unspecified atom stereocenters. The molecule has 0 bridgehead atoms. The second-order valence-corrected chi connectivity index (χ2v) is 25.8. The monoisotopic (exact) mass is 1080 g/mol. The van der Waals surface area contributed by atoms with E-state index in [1.165, 1.54) is 18.5 Å². The van der Waals surface area contributed by atoms with Crippen molar-refractivity contribution in [2.24, 2.45) is 0 Å². The number of aromatic nitrogens is 5. The molecule has 0 spiro atoms. The van der Waals surface area contributed by atoms with Gasteiger partial charge >= 0.3 is 0 Å². The van der Waals surface area contributed by atoms with E-state index in [9.17, 15) is 27.2 Å². The molecule has 3 aromatic carbocycles. The van der Waals surface area contributed by atoms with Gasteiger partial charge in [-0.25, -0.2) is 22.8 Å². The van der Waals surface area contributed by atoms with Gasteiger partial charge in [0, 0.05) is 117 Å². The number of pyridine rings is 1. The average molecular weight is 1080 g/mol. The Labute approximate surface area is 456 Å². The number of halogens is 1. The zero-order valence-electron chi connectivity index (χ0n) is 46.1. The van der Waals surface area contributed by atoms with Gasteiger partial charge in [0.05, 0.1) is 40.5 Å². The molecule has 3 N–H and O–H groups in total. The predicted octanol–water partition coefficient (Wildman–Crippen LogP) is 6.97. The minimum atomic E-state index is -3.85. The second kappa shape index (κ2) is 21.4. The van der Waals surface area contributed by atoms with Gasteiger partial charge in [-0.1, -0.05) is 32.0 Å². The van der Waals surface area contributed by atoms with Crippen molar-refractivity contribution >= 4 is 55.8 Å². The number of benzene rings is 3. The van der Waals surface area contributed by atoms with Crippen molar-refractivity contribution in [3.8, 4) is 5.75 Å². The Balaban J connectivity index is 0.742. The summed E-state index contributed by atoms with van der Waals surface area (Å²) >= 11 is 0. The number of aryl methyl sites for hydroxylation is 1. The van der Waals surface area contributed by atoms with Crippen LogP contribution in [0.1, 0.15) is 109 Å². The number of carbonyl (C=O) groups is 3. The lowest BCUT2D eigenvalue weighted by atomic mass is 9.91. The summed E-state index contributed by atoms with van der Waals surface area (Å²) in [6.45, 7) is 22.7. The van der Waals surface area contributed by atoms with E-state index in [2.05, 4.69) is 61.4 Å². The van der Waals surface area contributed by atoms with Gasteiger partial charge in [0.25, 0.3) is 11.8 Å². The first-order valence-corrected chi connectivity index (χ1v) is 28.5. The molecule has 6 aromatic rings. The first-order valence-electron chi connectivity index (χ1n) is 27.0. The van der Waals surface area contributed by atoms with Crippen LogP contribution in [0.25, 0.3) is 10.9 Å². The number of anilines is 3. The number of piperazine rings is 2. The highest BCUT2D eigenvalue weighted by Gasteiger charge is 2.43. The van der Waals surface area contributed by atoms with Gasteiger partial charge in [0.1, 0.15) is 34.4 Å². The van der Waals surface area contributed by atoms with Crippen LogP contribution in [0.2, 0.25) is 0 Å². The maximum absolute atomic E-state index is 14.5. The third kappa shape index (κ3) is 10.8. The van der Waals surface area contributed by atoms with Crippen LogP contribution in [0.15, 0.2) is 78.1 Å². The van der Waals surface area contributed by atoms with E-state index in [-0.39, 0.29) is 70.9 Å². The van der Waals surface area contributed by atoms with Crippen LogP contribution in [0, 0.1) is 19.7 Å². The molecule has 412 valence electrons. The van der Waals surface area contributed by atoms with Crippen molar-refractivity contribution < 1.29 is 31.9 Å². The van der Waals surface area contributed by atoms with E-state index < -0.39 is 14.6 Å². The minimum Gasteiger partial charge on any atom is -0.492 e. The molecule has 0 aliphatic carbocycles. The van der Waals surface area contributed by atoms with Crippen LogP contribution < -0.4 is 20.3 Å². The summed E-state index contributed by atoms with van der Waals surface area (Å²) in [7, 11) is -3.85. The molecular weight excluding hydrogens is 1010 g/mol. The Bertz CT molecular complexity index is 3390. The van der Waals surface area contributed by atoms with Crippen LogP contribution in [-0.4, -0.2) is 159 Å². The number of hydrogen-bond acceptors (Lipinski definition) is 14. The maximum atomic E-state index is 14.5. The molecule has 2 fully saturated rings. The average Bonchev–Trinajstić information content (AvgIpc) is 4.02. The van der Waals surface area contributed by atoms with Crippen molar-refractivity contribution in [2.75, 3.05) is 75.7 Å². The van der Waals surface area contributed by atoms with Gasteiger partial charge in [-0.2, -0.15) is 5.10 Å². The molecule has 4 aliphatic rings. The van der Waals surface area contributed by atoms with Crippen LogP contribution in [0.4, 0.5) is 21.7 Å². The van der Waals surface area contributed by atoms with Gasteiger partial charge in [0.2, 0.25) is 5.91 Å². The van der Waals surface area contributed by atoms with Gasteiger partial charge < -0.3 is 30.1 Å².